The lowest BCUT2D eigenvalue weighted by Gasteiger charge is -2.18. The van der Waals surface area contributed by atoms with Crippen molar-refractivity contribution in [1.29, 1.82) is 0 Å². The van der Waals surface area contributed by atoms with Crippen LogP contribution >= 0.6 is 0 Å². The molecule has 1 saturated carbocycles. The summed E-state index contributed by atoms with van der Waals surface area (Å²) in [5, 5.41) is 6.83. The van der Waals surface area contributed by atoms with E-state index in [1.54, 1.807) is 43.6 Å². The molecule has 0 radical (unpaired) electrons. The first kappa shape index (κ1) is 19.1. The highest BCUT2D eigenvalue weighted by Gasteiger charge is 2.29. The summed E-state index contributed by atoms with van der Waals surface area (Å²) < 4.78 is 10.4. The van der Waals surface area contributed by atoms with E-state index in [1.807, 2.05) is 18.0 Å². The largest absolute Gasteiger partial charge is 0.383 e. The number of methoxy groups -OCH3 is 1. The van der Waals surface area contributed by atoms with Gasteiger partial charge in [0.1, 0.15) is 5.82 Å². The molecule has 0 unspecified atom stereocenters. The number of nitrogens with zero attached hydrogens (tertiary/aromatic N) is 4. The lowest BCUT2D eigenvalue weighted by Crippen LogP contribution is -2.22. The number of amides is 1. The van der Waals surface area contributed by atoms with E-state index in [0.717, 1.165) is 36.5 Å². The standard InChI is InChI=1S/C21H23N5O3/c1-26(11-12-28-2)17-9-10-18(22-13-17)23-20(27)15-5-7-16(8-6-15)21-24-19(25-29-21)14-3-4-14/h5-10,13-14H,3-4,11-12H2,1-2H3,(H,22,23,27). The highest BCUT2D eigenvalue weighted by atomic mass is 16.5. The average Bonchev–Trinajstić information content (AvgIpc) is 3.49. The minimum absolute atomic E-state index is 0.228. The molecule has 8 heteroatoms. The first-order chi connectivity index (χ1) is 14.1. The molecule has 150 valence electrons. The van der Waals surface area contributed by atoms with Crippen LogP contribution in [0.15, 0.2) is 47.1 Å². The predicted molar refractivity (Wildman–Crippen MR) is 109 cm³/mol. The number of likely N-dealkylation sites (N-methyl/N-ethyl adjacent to an activating group) is 1. The molecule has 1 N–H and O–H groups in total. The van der Waals surface area contributed by atoms with E-state index in [1.165, 1.54) is 0 Å². The summed E-state index contributed by atoms with van der Waals surface area (Å²) in [5.74, 6) is 1.96. The zero-order valence-corrected chi connectivity index (χ0v) is 16.5. The van der Waals surface area contributed by atoms with Crippen LogP contribution in [0.5, 0.6) is 0 Å². The third-order valence-electron chi connectivity index (χ3n) is 4.84. The van der Waals surface area contributed by atoms with Crippen LogP contribution in [0.25, 0.3) is 11.5 Å². The molecule has 0 atom stereocenters. The maximum absolute atomic E-state index is 12.5. The summed E-state index contributed by atoms with van der Waals surface area (Å²) in [6.07, 6.45) is 3.97. The Labute approximate surface area is 168 Å². The van der Waals surface area contributed by atoms with Crippen molar-refractivity contribution in [3.63, 3.8) is 0 Å². The summed E-state index contributed by atoms with van der Waals surface area (Å²) in [7, 11) is 3.64. The number of pyridine rings is 1. The fourth-order valence-electron chi connectivity index (χ4n) is 2.86. The molecule has 0 bridgehead atoms. The summed E-state index contributed by atoms with van der Waals surface area (Å²) >= 11 is 0. The highest BCUT2D eigenvalue weighted by Crippen LogP contribution is 2.38. The molecule has 8 nitrogen and oxygen atoms in total. The monoisotopic (exact) mass is 393 g/mol. The number of ether oxygens (including phenoxy) is 1. The van der Waals surface area contributed by atoms with Crippen molar-refractivity contribution in [2.75, 3.05) is 37.5 Å². The van der Waals surface area contributed by atoms with Gasteiger partial charge in [0, 0.05) is 37.7 Å². The Bertz CT molecular complexity index is 965. The van der Waals surface area contributed by atoms with Gasteiger partial charge in [0.2, 0.25) is 0 Å². The van der Waals surface area contributed by atoms with E-state index in [4.69, 9.17) is 9.26 Å². The molecule has 0 saturated heterocycles. The van der Waals surface area contributed by atoms with Crippen LogP contribution in [0.4, 0.5) is 11.5 Å². The van der Waals surface area contributed by atoms with Crippen molar-refractivity contribution in [3.05, 3.63) is 54.0 Å². The van der Waals surface area contributed by atoms with Crippen LogP contribution in [-0.4, -0.2) is 48.3 Å². The van der Waals surface area contributed by atoms with Gasteiger partial charge in [0.25, 0.3) is 11.8 Å². The molecule has 4 rings (SSSR count). The molecule has 2 aromatic heterocycles. The number of carbonyl (C=O) groups excluding carboxylic acids is 1. The van der Waals surface area contributed by atoms with Gasteiger partial charge < -0.3 is 19.5 Å². The minimum Gasteiger partial charge on any atom is -0.383 e. The van der Waals surface area contributed by atoms with Crippen LogP contribution in [-0.2, 0) is 4.74 Å². The van der Waals surface area contributed by atoms with Gasteiger partial charge in [-0.3, -0.25) is 4.79 Å². The number of hydrogen-bond donors (Lipinski definition) is 1. The zero-order chi connectivity index (χ0) is 20.2. The van der Waals surface area contributed by atoms with Crippen molar-refractivity contribution in [2.45, 2.75) is 18.8 Å². The Morgan fingerprint density at radius 1 is 1.24 bits per heavy atom. The van der Waals surface area contributed by atoms with Gasteiger partial charge in [0.05, 0.1) is 18.5 Å². The summed E-state index contributed by atoms with van der Waals surface area (Å²) in [4.78, 5) is 23.3. The quantitative estimate of drug-likeness (QED) is 0.627. The summed E-state index contributed by atoms with van der Waals surface area (Å²) in [6.45, 7) is 1.40. The third-order valence-corrected chi connectivity index (χ3v) is 4.84. The van der Waals surface area contributed by atoms with Gasteiger partial charge in [-0.15, -0.1) is 0 Å². The topological polar surface area (TPSA) is 93.4 Å². The molecule has 1 aliphatic rings. The highest BCUT2D eigenvalue weighted by molar-refractivity contribution is 6.04. The smallest absolute Gasteiger partial charge is 0.257 e. The average molecular weight is 393 g/mol. The van der Waals surface area contributed by atoms with Crippen molar-refractivity contribution < 1.29 is 14.1 Å². The fourth-order valence-corrected chi connectivity index (χ4v) is 2.86. The van der Waals surface area contributed by atoms with E-state index in [0.29, 0.717) is 29.8 Å². The third kappa shape index (κ3) is 4.60. The molecule has 1 aliphatic carbocycles. The molecule has 1 amide bonds. The molecule has 3 aromatic rings. The Balaban J connectivity index is 1.37. The molecular formula is C21H23N5O3. The molecule has 0 spiro atoms. The fraction of sp³-hybridized carbons (Fsp3) is 0.333. The molecule has 1 fully saturated rings. The number of rotatable bonds is 8. The van der Waals surface area contributed by atoms with Crippen LogP contribution in [0.2, 0.25) is 0 Å². The van der Waals surface area contributed by atoms with E-state index < -0.39 is 0 Å². The summed E-state index contributed by atoms with van der Waals surface area (Å²) in [5.41, 5.74) is 2.27. The SMILES string of the molecule is COCCN(C)c1ccc(NC(=O)c2ccc(-c3nc(C4CC4)no3)cc2)nc1. The van der Waals surface area contributed by atoms with Crippen LogP contribution in [0, 0.1) is 0 Å². The van der Waals surface area contributed by atoms with Crippen LogP contribution in [0.1, 0.15) is 34.9 Å². The molecule has 0 aliphatic heterocycles. The lowest BCUT2D eigenvalue weighted by molar-refractivity contribution is 0.102. The van der Waals surface area contributed by atoms with E-state index in [-0.39, 0.29) is 5.91 Å². The number of anilines is 2. The van der Waals surface area contributed by atoms with E-state index >= 15 is 0 Å². The van der Waals surface area contributed by atoms with Gasteiger partial charge in [-0.25, -0.2) is 4.98 Å². The van der Waals surface area contributed by atoms with Crippen molar-refractivity contribution in [1.82, 2.24) is 15.1 Å². The number of benzene rings is 1. The van der Waals surface area contributed by atoms with E-state index in [9.17, 15) is 4.79 Å². The number of nitrogens with one attached hydrogen (secondary N) is 1. The van der Waals surface area contributed by atoms with Gasteiger partial charge in [-0.2, -0.15) is 4.98 Å². The first-order valence-corrected chi connectivity index (χ1v) is 9.55. The van der Waals surface area contributed by atoms with Gasteiger partial charge in [-0.1, -0.05) is 5.16 Å². The maximum atomic E-state index is 12.5. The normalized spacial score (nSPS) is 13.3. The zero-order valence-electron chi connectivity index (χ0n) is 16.5. The molecule has 2 heterocycles. The Kier molecular flexibility index (Phi) is 5.53. The van der Waals surface area contributed by atoms with Crippen molar-refractivity contribution in [2.24, 2.45) is 0 Å². The van der Waals surface area contributed by atoms with Gasteiger partial charge in [-0.05, 0) is 49.2 Å². The van der Waals surface area contributed by atoms with Crippen LogP contribution < -0.4 is 10.2 Å². The Morgan fingerprint density at radius 2 is 2.03 bits per heavy atom. The van der Waals surface area contributed by atoms with Gasteiger partial charge in [0.15, 0.2) is 5.82 Å². The molecular weight excluding hydrogens is 370 g/mol. The Morgan fingerprint density at radius 3 is 2.69 bits per heavy atom. The second-order valence-electron chi connectivity index (χ2n) is 7.08. The summed E-state index contributed by atoms with van der Waals surface area (Å²) in [6, 6.07) is 10.8. The van der Waals surface area contributed by atoms with Crippen molar-refractivity contribution >= 4 is 17.4 Å². The maximum Gasteiger partial charge on any atom is 0.257 e. The minimum atomic E-state index is -0.228. The van der Waals surface area contributed by atoms with Crippen molar-refractivity contribution in [3.8, 4) is 11.5 Å². The lowest BCUT2D eigenvalue weighted by atomic mass is 10.1. The Hall–Kier alpha value is -3.26. The molecule has 29 heavy (non-hydrogen) atoms. The molecule has 1 aromatic carbocycles. The predicted octanol–water partition coefficient (Wildman–Crippen LogP) is 3.34. The van der Waals surface area contributed by atoms with Crippen LogP contribution in [0.3, 0.4) is 0 Å². The number of carbonyl (C=O) groups is 1. The first-order valence-electron chi connectivity index (χ1n) is 9.55. The van der Waals surface area contributed by atoms with Gasteiger partial charge >= 0.3 is 0 Å². The second-order valence-corrected chi connectivity index (χ2v) is 7.08. The number of aromatic nitrogens is 3. The van der Waals surface area contributed by atoms with E-state index in [2.05, 4.69) is 20.4 Å². The number of hydrogen-bond acceptors (Lipinski definition) is 7. The second kappa shape index (κ2) is 8.40.